The quantitative estimate of drug-likeness (QED) is 0.901. The van der Waals surface area contributed by atoms with Crippen LogP contribution in [0, 0.1) is 6.92 Å². The number of fused-ring (bicyclic) bond motifs is 1. The van der Waals surface area contributed by atoms with Crippen LogP contribution in [0.5, 0.6) is 0 Å². The number of allylic oxidation sites excluding steroid dienone is 1. The number of thiazole rings is 1. The van der Waals surface area contributed by atoms with Gasteiger partial charge in [-0.25, -0.2) is 4.98 Å². The van der Waals surface area contributed by atoms with E-state index in [-0.39, 0.29) is 5.91 Å². The maximum atomic E-state index is 12.5. The smallest absolute Gasteiger partial charge is 0.251 e. The molecule has 1 aliphatic heterocycles. The lowest BCUT2D eigenvalue weighted by Crippen LogP contribution is -2.13. The zero-order chi connectivity index (χ0) is 15.8. The molecule has 2 aliphatic rings. The second-order valence-corrected chi connectivity index (χ2v) is 7.84. The Morgan fingerprint density at radius 3 is 3.04 bits per heavy atom. The van der Waals surface area contributed by atoms with Gasteiger partial charge >= 0.3 is 0 Å². The largest absolute Gasteiger partial charge is 0.376 e. The van der Waals surface area contributed by atoms with E-state index >= 15 is 0 Å². The number of nitrogens with one attached hydrogen (secondary N) is 1. The fourth-order valence-electron chi connectivity index (χ4n) is 3.08. The van der Waals surface area contributed by atoms with Gasteiger partial charge in [-0.15, -0.1) is 22.7 Å². The van der Waals surface area contributed by atoms with E-state index in [1.165, 1.54) is 10.4 Å². The molecule has 0 bridgehead atoms. The van der Waals surface area contributed by atoms with Gasteiger partial charge in [-0.3, -0.25) is 4.79 Å². The van der Waals surface area contributed by atoms with Crippen molar-refractivity contribution in [2.75, 3.05) is 11.9 Å². The number of hydrogen-bond donors (Lipinski definition) is 1. The van der Waals surface area contributed by atoms with Gasteiger partial charge in [-0.2, -0.15) is 0 Å². The normalized spacial score (nSPS) is 17.0. The lowest BCUT2D eigenvalue weighted by molar-refractivity contribution is -0.112. The van der Waals surface area contributed by atoms with E-state index in [9.17, 15) is 4.79 Å². The molecule has 0 spiro atoms. The Kier molecular flexibility index (Phi) is 4.05. The zero-order valence-corrected chi connectivity index (χ0v) is 14.6. The third-order valence-corrected chi connectivity index (χ3v) is 6.31. The topological polar surface area (TPSA) is 51.2 Å². The molecule has 0 fully saturated rings. The molecule has 23 heavy (non-hydrogen) atoms. The first-order chi connectivity index (χ1) is 11.2. The van der Waals surface area contributed by atoms with Crippen LogP contribution >= 0.6 is 22.7 Å². The molecule has 1 aliphatic carbocycles. The molecule has 120 valence electrons. The third-order valence-electron chi connectivity index (χ3n) is 4.21. The molecular formula is C17H18N2O2S2. The first-order valence-electron chi connectivity index (χ1n) is 7.87. The highest BCUT2D eigenvalue weighted by Gasteiger charge is 2.25. The average molecular weight is 346 g/mol. The summed E-state index contributed by atoms with van der Waals surface area (Å²) >= 11 is 3.28. The summed E-state index contributed by atoms with van der Waals surface area (Å²) in [6.07, 6.45) is 5.91. The molecule has 0 atom stereocenters. The molecule has 1 N–H and O–H groups in total. The molecule has 0 saturated heterocycles. The van der Waals surface area contributed by atoms with E-state index in [0.717, 1.165) is 59.1 Å². The molecular weight excluding hydrogens is 328 g/mol. The van der Waals surface area contributed by atoms with Gasteiger partial charge in [0.25, 0.3) is 5.91 Å². The van der Waals surface area contributed by atoms with E-state index in [0.29, 0.717) is 6.61 Å². The number of nitrogens with zero attached hydrogens (tertiary/aromatic N) is 1. The Labute approximate surface area is 143 Å². The first kappa shape index (κ1) is 15.1. The zero-order valence-electron chi connectivity index (χ0n) is 13.0. The van der Waals surface area contributed by atoms with Crippen LogP contribution in [0.25, 0.3) is 10.6 Å². The van der Waals surface area contributed by atoms with Gasteiger partial charge in [0, 0.05) is 27.1 Å². The summed E-state index contributed by atoms with van der Waals surface area (Å²) in [6.45, 7) is 3.37. The first-order valence-corrected chi connectivity index (χ1v) is 9.57. The highest BCUT2D eigenvalue weighted by Crippen LogP contribution is 2.44. The van der Waals surface area contributed by atoms with Gasteiger partial charge in [0.2, 0.25) is 0 Å². The van der Waals surface area contributed by atoms with E-state index < -0.39 is 0 Å². The van der Waals surface area contributed by atoms with Gasteiger partial charge < -0.3 is 10.1 Å². The summed E-state index contributed by atoms with van der Waals surface area (Å²) in [5.74, 6) is 0.0385. The van der Waals surface area contributed by atoms with Gasteiger partial charge in [0.15, 0.2) is 0 Å². The number of hydrogen-bond acceptors (Lipinski definition) is 5. The summed E-state index contributed by atoms with van der Waals surface area (Å²) in [5.41, 5.74) is 4.34. The van der Waals surface area contributed by atoms with Gasteiger partial charge in [0.1, 0.15) is 10.0 Å². The van der Waals surface area contributed by atoms with Gasteiger partial charge in [0.05, 0.1) is 13.2 Å². The molecule has 4 rings (SSSR count). The van der Waals surface area contributed by atoms with Crippen LogP contribution in [0.3, 0.4) is 0 Å². The van der Waals surface area contributed by atoms with E-state index in [2.05, 4.69) is 21.8 Å². The van der Waals surface area contributed by atoms with Crippen LogP contribution in [0.15, 0.2) is 17.0 Å². The highest BCUT2D eigenvalue weighted by atomic mass is 32.1. The standard InChI is InChI=1S/C17H18N2O2S2/c1-10-9-22-16(18-10)14-12-6-7-21-8-13(12)23-17(14)19-15(20)11-4-2-3-5-11/h4,9H,2-3,5-8H2,1H3,(H,19,20). The molecule has 0 aromatic carbocycles. The maximum Gasteiger partial charge on any atom is 0.251 e. The number of aryl methyl sites for hydroxylation is 1. The molecule has 3 heterocycles. The summed E-state index contributed by atoms with van der Waals surface area (Å²) < 4.78 is 5.58. The summed E-state index contributed by atoms with van der Waals surface area (Å²) in [5, 5.41) is 7.12. The predicted octanol–water partition coefficient (Wildman–Crippen LogP) is 4.30. The number of thiophene rings is 1. The predicted molar refractivity (Wildman–Crippen MR) is 94.1 cm³/mol. The van der Waals surface area contributed by atoms with Crippen LogP contribution in [0.2, 0.25) is 0 Å². The number of amides is 1. The van der Waals surface area contributed by atoms with E-state index in [1.54, 1.807) is 22.7 Å². The molecule has 1 amide bonds. The third kappa shape index (κ3) is 2.86. The van der Waals surface area contributed by atoms with E-state index in [4.69, 9.17) is 4.74 Å². The number of anilines is 1. The van der Waals surface area contributed by atoms with Crippen molar-refractivity contribution in [3.63, 3.8) is 0 Å². The minimum Gasteiger partial charge on any atom is -0.376 e. The number of carbonyl (C=O) groups excluding carboxylic acids is 1. The second kappa shape index (κ2) is 6.19. The minimum absolute atomic E-state index is 0.0385. The molecule has 0 radical (unpaired) electrons. The van der Waals surface area contributed by atoms with E-state index in [1.807, 2.05) is 6.92 Å². The van der Waals surface area contributed by atoms with Crippen molar-refractivity contribution in [1.29, 1.82) is 0 Å². The molecule has 0 unspecified atom stereocenters. The minimum atomic E-state index is 0.0385. The maximum absolute atomic E-state index is 12.5. The van der Waals surface area contributed by atoms with Gasteiger partial charge in [-0.05, 0) is 38.2 Å². The molecule has 0 saturated carbocycles. The second-order valence-electron chi connectivity index (χ2n) is 5.88. The van der Waals surface area contributed by atoms with Crippen LogP contribution < -0.4 is 5.32 Å². The van der Waals surface area contributed by atoms with Crippen LogP contribution in [0.4, 0.5) is 5.00 Å². The van der Waals surface area contributed by atoms with Crippen molar-refractivity contribution in [1.82, 2.24) is 4.98 Å². The fourth-order valence-corrected chi connectivity index (χ4v) is 5.20. The number of carbonyl (C=O) groups is 1. The lowest BCUT2D eigenvalue weighted by atomic mass is 10.1. The van der Waals surface area contributed by atoms with Crippen molar-refractivity contribution in [3.8, 4) is 10.6 Å². The van der Waals surface area contributed by atoms with Crippen molar-refractivity contribution < 1.29 is 9.53 Å². The fraction of sp³-hybridized carbons (Fsp3) is 0.412. The SMILES string of the molecule is Cc1csc(-c2c(NC(=O)C3=CCCC3)sc3c2CCOC3)n1. The average Bonchev–Trinajstić information content (AvgIpc) is 3.25. The van der Waals surface area contributed by atoms with Gasteiger partial charge in [-0.1, -0.05) is 6.08 Å². The van der Waals surface area contributed by atoms with Crippen LogP contribution in [0.1, 0.15) is 35.4 Å². The number of aromatic nitrogens is 1. The Balaban J connectivity index is 1.73. The van der Waals surface area contributed by atoms with Crippen molar-refractivity contribution in [2.45, 2.75) is 39.2 Å². The summed E-state index contributed by atoms with van der Waals surface area (Å²) in [7, 11) is 0. The van der Waals surface area contributed by atoms with Crippen molar-refractivity contribution >= 4 is 33.6 Å². The molecule has 4 nitrogen and oxygen atoms in total. The molecule has 6 heteroatoms. The van der Waals surface area contributed by atoms with Crippen LogP contribution in [-0.2, 0) is 22.6 Å². The van der Waals surface area contributed by atoms with Crippen LogP contribution in [-0.4, -0.2) is 17.5 Å². The number of ether oxygens (including phenoxy) is 1. The lowest BCUT2D eigenvalue weighted by Gasteiger charge is -2.13. The summed E-state index contributed by atoms with van der Waals surface area (Å²) in [6, 6.07) is 0. The highest BCUT2D eigenvalue weighted by molar-refractivity contribution is 7.18. The number of rotatable bonds is 3. The molecule has 2 aromatic rings. The Morgan fingerprint density at radius 1 is 1.39 bits per heavy atom. The Hall–Kier alpha value is -1.50. The molecule has 2 aromatic heterocycles. The van der Waals surface area contributed by atoms with Crippen molar-refractivity contribution in [2.24, 2.45) is 0 Å². The monoisotopic (exact) mass is 346 g/mol. The summed E-state index contributed by atoms with van der Waals surface area (Å²) in [4.78, 5) is 18.4. The van der Waals surface area contributed by atoms with Crippen molar-refractivity contribution in [3.05, 3.63) is 33.2 Å². The Bertz CT molecular complexity index is 789. The Morgan fingerprint density at radius 2 is 2.30 bits per heavy atom.